The Morgan fingerprint density at radius 2 is 1.94 bits per heavy atom. The van der Waals surface area contributed by atoms with Crippen molar-refractivity contribution in [3.05, 3.63) is 65.7 Å². The number of H-pyrrole nitrogens is 1. The molecular weight excluding hydrogens is 433 g/mol. The molecule has 0 bridgehead atoms. The molecule has 2 N–H and O–H groups in total. The SMILES string of the molecule is O=C(CN1CC[C@H]2[C@@H]1CCCC(=O)N2Cc1ccc(F)cc1)NCCc1nc2ccccc2[nH]1. The standard InChI is InChI=1S/C26H30FN5O2/c27-19-10-8-18(9-11-19)16-32-23-13-15-31(22(23)6-3-7-26(32)34)17-25(33)28-14-12-24-29-20-4-1-2-5-21(20)30-24/h1-2,4-5,8-11,22-23H,3,6-7,12-17H2,(H,28,33)(H,29,30)/t22-,23-/m0/s1. The van der Waals surface area contributed by atoms with E-state index in [4.69, 9.17) is 0 Å². The van der Waals surface area contributed by atoms with E-state index in [1.807, 2.05) is 29.2 Å². The zero-order valence-corrected chi connectivity index (χ0v) is 19.2. The predicted molar refractivity (Wildman–Crippen MR) is 127 cm³/mol. The smallest absolute Gasteiger partial charge is 0.234 e. The van der Waals surface area contributed by atoms with Crippen molar-refractivity contribution in [2.45, 2.75) is 50.7 Å². The molecule has 0 aliphatic carbocycles. The Morgan fingerprint density at radius 3 is 2.76 bits per heavy atom. The van der Waals surface area contributed by atoms with Gasteiger partial charge in [-0.25, -0.2) is 9.37 Å². The van der Waals surface area contributed by atoms with E-state index in [1.165, 1.54) is 12.1 Å². The highest BCUT2D eigenvalue weighted by Gasteiger charge is 2.41. The number of hydrogen-bond acceptors (Lipinski definition) is 4. The number of para-hydroxylation sites is 2. The lowest BCUT2D eigenvalue weighted by atomic mass is 10.0. The molecule has 2 saturated heterocycles. The molecule has 3 aromatic rings. The number of hydrogen-bond donors (Lipinski definition) is 2. The van der Waals surface area contributed by atoms with Crippen LogP contribution in [0.15, 0.2) is 48.5 Å². The van der Waals surface area contributed by atoms with Crippen LogP contribution in [0.3, 0.4) is 0 Å². The molecule has 1 aromatic heterocycles. The van der Waals surface area contributed by atoms with E-state index in [1.54, 1.807) is 12.1 Å². The fourth-order valence-corrected chi connectivity index (χ4v) is 5.30. The summed E-state index contributed by atoms with van der Waals surface area (Å²) < 4.78 is 13.3. The summed E-state index contributed by atoms with van der Waals surface area (Å²) in [4.78, 5) is 37.5. The fourth-order valence-electron chi connectivity index (χ4n) is 5.30. The largest absolute Gasteiger partial charge is 0.355 e. The number of fused-ring (bicyclic) bond motifs is 2. The van der Waals surface area contributed by atoms with Crippen LogP contribution < -0.4 is 5.32 Å². The first kappa shape index (κ1) is 22.5. The summed E-state index contributed by atoms with van der Waals surface area (Å²) in [5.74, 6) is 0.732. The Hall–Kier alpha value is -3.26. The number of nitrogens with zero attached hydrogens (tertiary/aromatic N) is 3. The maximum atomic E-state index is 13.3. The molecular formula is C26H30FN5O2. The lowest BCUT2D eigenvalue weighted by Gasteiger charge is -2.33. The number of benzene rings is 2. The van der Waals surface area contributed by atoms with E-state index in [9.17, 15) is 14.0 Å². The molecule has 34 heavy (non-hydrogen) atoms. The number of halogens is 1. The van der Waals surface area contributed by atoms with Crippen LogP contribution in [0.1, 0.15) is 37.1 Å². The fraction of sp³-hybridized carbons (Fsp3) is 0.423. The molecule has 2 amide bonds. The molecule has 2 atom stereocenters. The maximum Gasteiger partial charge on any atom is 0.234 e. The highest BCUT2D eigenvalue weighted by Crippen LogP contribution is 2.31. The van der Waals surface area contributed by atoms with Crippen molar-refractivity contribution in [1.29, 1.82) is 0 Å². The molecule has 7 nitrogen and oxygen atoms in total. The number of carbonyl (C=O) groups excluding carboxylic acids is 2. The third-order valence-corrected chi connectivity index (χ3v) is 6.97. The molecule has 5 rings (SSSR count). The van der Waals surface area contributed by atoms with Crippen molar-refractivity contribution in [2.24, 2.45) is 0 Å². The summed E-state index contributed by atoms with van der Waals surface area (Å²) in [6, 6.07) is 14.5. The van der Waals surface area contributed by atoms with Crippen LogP contribution in [0.4, 0.5) is 4.39 Å². The van der Waals surface area contributed by atoms with Gasteiger partial charge in [0.15, 0.2) is 0 Å². The highest BCUT2D eigenvalue weighted by atomic mass is 19.1. The van der Waals surface area contributed by atoms with E-state index in [2.05, 4.69) is 20.2 Å². The molecule has 2 aliphatic heterocycles. The lowest BCUT2D eigenvalue weighted by Crippen LogP contribution is -2.47. The van der Waals surface area contributed by atoms with E-state index in [0.717, 1.165) is 48.2 Å². The predicted octanol–water partition coefficient (Wildman–Crippen LogP) is 3.02. The molecule has 178 valence electrons. The first-order chi connectivity index (χ1) is 16.6. The third-order valence-electron chi connectivity index (χ3n) is 6.97. The van der Waals surface area contributed by atoms with Gasteiger partial charge in [-0.2, -0.15) is 0 Å². The van der Waals surface area contributed by atoms with E-state index < -0.39 is 0 Å². The molecule has 0 radical (unpaired) electrons. The van der Waals surface area contributed by atoms with Crippen molar-refractivity contribution in [3.63, 3.8) is 0 Å². The Balaban J connectivity index is 1.16. The maximum absolute atomic E-state index is 13.3. The quantitative estimate of drug-likeness (QED) is 0.565. The zero-order valence-electron chi connectivity index (χ0n) is 19.2. The minimum Gasteiger partial charge on any atom is -0.355 e. The Bertz CT molecular complexity index is 1130. The molecule has 0 saturated carbocycles. The van der Waals surface area contributed by atoms with Gasteiger partial charge in [0.05, 0.1) is 17.6 Å². The number of aromatic nitrogens is 2. The Morgan fingerprint density at radius 1 is 1.12 bits per heavy atom. The first-order valence-corrected chi connectivity index (χ1v) is 12.0. The summed E-state index contributed by atoms with van der Waals surface area (Å²) in [5.41, 5.74) is 2.86. The molecule has 3 heterocycles. The van der Waals surface area contributed by atoms with Gasteiger partial charge in [0.25, 0.3) is 0 Å². The van der Waals surface area contributed by atoms with E-state index >= 15 is 0 Å². The zero-order chi connectivity index (χ0) is 23.5. The van der Waals surface area contributed by atoms with Gasteiger partial charge in [0.1, 0.15) is 11.6 Å². The van der Waals surface area contributed by atoms with Crippen LogP contribution in [0.5, 0.6) is 0 Å². The van der Waals surface area contributed by atoms with Gasteiger partial charge < -0.3 is 15.2 Å². The Labute approximate surface area is 198 Å². The van der Waals surface area contributed by atoms with Crippen molar-refractivity contribution >= 4 is 22.8 Å². The van der Waals surface area contributed by atoms with Crippen LogP contribution in [0, 0.1) is 5.82 Å². The summed E-state index contributed by atoms with van der Waals surface area (Å²) in [6.07, 6.45) is 3.74. The van der Waals surface area contributed by atoms with Gasteiger partial charge in [-0.1, -0.05) is 24.3 Å². The van der Waals surface area contributed by atoms with Crippen molar-refractivity contribution < 1.29 is 14.0 Å². The highest BCUT2D eigenvalue weighted by molar-refractivity contribution is 5.79. The van der Waals surface area contributed by atoms with Crippen molar-refractivity contribution in [3.8, 4) is 0 Å². The lowest BCUT2D eigenvalue weighted by molar-refractivity contribution is -0.133. The minimum absolute atomic E-state index is 0.00239. The number of carbonyl (C=O) groups is 2. The number of amides is 2. The summed E-state index contributed by atoms with van der Waals surface area (Å²) in [7, 11) is 0. The van der Waals surface area contributed by atoms with Crippen LogP contribution in [-0.4, -0.2) is 63.3 Å². The number of nitrogens with one attached hydrogen (secondary N) is 2. The number of rotatable bonds is 7. The van der Waals surface area contributed by atoms with Gasteiger partial charge in [-0.15, -0.1) is 0 Å². The molecule has 0 spiro atoms. The monoisotopic (exact) mass is 463 g/mol. The van der Waals surface area contributed by atoms with Crippen molar-refractivity contribution in [2.75, 3.05) is 19.6 Å². The number of imidazole rings is 1. The summed E-state index contributed by atoms with van der Waals surface area (Å²) >= 11 is 0. The first-order valence-electron chi connectivity index (χ1n) is 12.0. The summed E-state index contributed by atoms with van der Waals surface area (Å²) in [6.45, 7) is 2.13. The average Bonchev–Trinajstić information content (AvgIpc) is 3.38. The van der Waals surface area contributed by atoms with Crippen LogP contribution in [0.2, 0.25) is 0 Å². The van der Waals surface area contributed by atoms with E-state index in [0.29, 0.717) is 32.5 Å². The average molecular weight is 464 g/mol. The molecule has 2 aromatic carbocycles. The minimum atomic E-state index is -0.276. The topological polar surface area (TPSA) is 81.3 Å². The van der Waals surface area contributed by atoms with Crippen LogP contribution in [0.25, 0.3) is 11.0 Å². The van der Waals surface area contributed by atoms with Gasteiger partial charge in [-0.3, -0.25) is 14.5 Å². The summed E-state index contributed by atoms with van der Waals surface area (Å²) in [5, 5.41) is 3.02. The number of likely N-dealkylation sites (tertiary alicyclic amines) is 2. The van der Waals surface area contributed by atoms with Crippen LogP contribution >= 0.6 is 0 Å². The van der Waals surface area contributed by atoms with E-state index in [-0.39, 0.29) is 29.7 Å². The molecule has 8 heteroatoms. The second kappa shape index (κ2) is 9.93. The van der Waals surface area contributed by atoms with Crippen molar-refractivity contribution in [1.82, 2.24) is 25.1 Å². The van der Waals surface area contributed by atoms with Crippen LogP contribution in [-0.2, 0) is 22.6 Å². The van der Waals surface area contributed by atoms with Gasteiger partial charge in [0, 0.05) is 44.6 Å². The third kappa shape index (κ3) is 4.97. The second-order valence-electron chi connectivity index (χ2n) is 9.23. The molecule has 0 unspecified atom stereocenters. The molecule has 2 aliphatic rings. The normalized spacial score (nSPS) is 21.0. The number of aromatic amines is 1. The van der Waals surface area contributed by atoms with Gasteiger partial charge in [-0.05, 0) is 49.1 Å². The molecule has 2 fully saturated rings. The van der Waals surface area contributed by atoms with Gasteiger partial charge >= 0.3 is 0 Å². The second-order valence-corrected chi connectivity index (χ2v) is 9.23. The van der Waals surface area contributed by atoms with Gasteiger partial charge in [0.2, 0.25) is 11.8 Å². The Kier molecular flexibility index (Phi) is 6.58.